The predicted octanol–water partition coefficient (Wildman–Crippen LogP) is 3.89. The Bertz CT molecular complexity index is 582. The fourth-order valence-corrected chi connectivity index (χ4v) is 2.18. The van der Waals surface area contributed by atoms with Gasteiger partial charge in [-0.2, -0.15) is 0 Å². The van der Waals surface area contributed by atoms with E-state index in [1.54, 1.807) is 6.07 Å². The molecule has 5 heteroatoms. The van der Waals surface area contributed by atoms with Gasteiger partial charge in [0.05, 0.1) is 11.4 Å². The van der Waals surface area contributed by atoms with Gasteiger partial charge in [0, 0.05) is 37.1 Å². The number of hydrogen-bond donors (Lipinski definition) is 1. The van der Waals surface area contributed by atoms with Crippen molar-refractivity contribution < 1.29 is 9.53 Å². The average molecular weight is 307 g/mol. The van der Waals surface area contributed by atoms with Crippen molar-refractivity contribution in [2.24, 2.45) is 0 Å². The minimum absolute atomic E-state index is 0.0227. The number of rotatable bonds is 7. The van der Waals surface area contributed by atoms with Crippen molar-refractivity contribution in [3.8, 4) is 5.69 Å². The zero-order valence-electron chi connectivity index (χ0n) is 12.0. The molecule has 4 nitrogen and oxygen atoms in total. The fourth-order valence-electron chi connectivity index (χ4n) is 2.01. The number of amides is 1. The molecule has 0 fully saturated rings. The first-order valence-corrected chi connectivity index (χ1v) is 7.39. The van der Waals surface area contributed by atoms with Crippen molar-refractivity contribution in [2.75, 3.05) is 18.5 Å². The summed E-state index contributed by atoms with van der Waals surface area (Å²) in [6.45, 7) is 3.22. The van der Waals surface area contributed by atoms with Gasteiger partial charge in [0.2, 0.25) is 5.91 Å². The average Bonchev–Trinajstić information content (AvgIpc) is 2.99. The molecular formula is C16H19ClN2O2. The van der Waals surface area contributed by atoms with Gasteiger partial charge in [0.15, 0.2) is 0 Å². The summed E-state index contributed by atoms with van der Waals surface area (Å²) >= 11 is 6.05. The highest BCUT2D eigenvalue weighted by molar-refractivity contribution is 6.30. The van der Waals surface area contributed by atoms with Gasteiger partial charge in [-0.3, -0.25) is 4.79 Å². The molecule has 0 atom stereocenters. The van der Waals surface area contributed by atoms with Crippen LogP contribution >= 0.6 is 11.6 Å². The molecule has 0 radical (unpaired) electrons. The first-order chi connectivity index (χ1) is 10.2. The first-order valence-electron chi connectivity index (χ1n) is 7.01. The van der Waals surface area contributed by atoms with Crippen molar-refractivity contribution >= 4 is 23.2 Å². The Morgan fingerprint density at radius 1 is 1.33 bits per heavy atom. The molecule has 112 valence electrons. The van der Waals surface area contributed by atoms with Crippen LogP contribution in [0.1, 0.15) is 19.8 Å². The van der Waals surface area contributed by atoms with Crippen LogP contribution in [0, 0.1) is 0 Å². The topological polar surface area (TPSA) is 43.3 Å². The van der Waals surface area contributed by atoms with E-state index in [0.717, 1.165) is 11.4 Å². The lowest BCUT2D eigenvalue weighted by Gasteiger charge is -2.12. The van der Waals surface area contributed by atoms with E-state index in [-0.39, 0.29) is 5.91 Å². The van der Waals surface area contributed by atoms with Gasteiger partial charge < -0.3 is 14.6 Å². The van der Waals surface area contributed by atoms with Crippen molar-refractivity contribution in [2.45, 2.75) is 19.8 Å². The summed E-state index contributed by atoms with van der Waals surface area (Å²) in [5, 5.41) is 3.56. The first kappa shape index (κ1) is 15.6. The molecule has 0 bridgehead atoms. The lowest BCUT2D eigenvalue weighted by atomic mass is 10.2. The molecule has 1 aromatic heterocycles. The number of nitrogens with one attached hydrogen (secondary N) is 1. The molecule has 0 saturated heterocycles. The van der Waals surface area contributed by atoms with E-state index >= 15 is 0 Å². The Kier molecular flexibility index (Phi) is 5.84. The summed E-state index contributed by atoms with van der Waals surface area (Å²) in [6, 6.07) is 9.27. The summed E-state index contributed by atoms with van der Waals surface area (Å²) < 4.78 is 7.15. The van der Waals surface area contributed by atoms with Crippen LogP contribution in [0.4, 0.5) is 5.69 Å². The number of hydrogen-bond acceptors (Lipinski definition) is 2. The van der Waals surface area contributed by atoms with E-state index in [0.29, 0.717) is 31.1 Å². The highest BCUT2D eigenvalue weighted by Crippen LogP contribution is 2.24. The minimum Gasteiger partial charge on any atom is -0.382 e. The quantitative estimate of drug-likeness (QED) is 0.789. The van der Waals surface area contributed by atoms with Gasteiger partial charge in [-0.1, -0.05) is 11.6 Å². The molecule has 0 saturated carbocycles. The van der Waals surface area contributed by atoms with Gasteiger partial charge in [-0.05, 0) is 43.7 Å². The molecule has 0 spiro atoms. The SMILES string of the molecule is CCOCCCC(=O)Nc1ccc(Cl)cc1-n1cccc1. The molecule has 2 aromatic rings. The fraction of sp³-hybridized carbons (Fsp3) is 0.312. The smallest absolute Gasteiger partial charge is 0.224 e. The van der Waals surface area contributed by atoms with Crippen molar-refractivity contribution in [3.63, 3.8) is 0 Å². The number of anilines is 1. The number of ether oxygens (including phenoxy) is 1. The standard InChI is InChI=1S/C16H19ClN2O2/c1-2-21-11-5-6-16(20)18-14-8-7-13(17)12-15(14)19-9-3-4-10-19/h3-4,7-10,12H,2,5-6,11H2,1H3,(H,18,20). The highest BCUT2D eigenvalue weighted by atomic mass is 35.5. The predicted molar refractivity (Wildman–Crippen MR) is 85.1 cm³/mol. The second-order valence-electron chi connectivity index (χ2n) is 4.60. The van der Waals surface area contributed by atoms with E-state index in [4.69, 9.17) is 16.3 Å². The van der Waals surface area contributed by atoms with Crippen molar-refractivity contribution in [1.82, 2.24) is 4.57 Å². The van der Waals surface area contributed by atoms with E-state index in [2.05, 4.69) is 5.32 Å². The van der Waals surface area contributed by atoms with Crippen LogP contribution in [0.3, 0.4) is 0 Å². The zero-order valence-corrected chi connectivity index (χ0v) is 12.8. The van der Waals surface area contributed by atoms with E-state index < -0.39 is 0 Å². The van der Waals surface area contributed by atoms with Crippen LogP contribution in [0.15, 0.2) is 42.7 Å². The molecule has 2 rings (SSSR count). The molecule has 1 N–H and O–H groups in total. The monoisotopic (exact) mass is 306 g/mol. The van der Waals surface area contributed by atoms with E-state index in [1.807, 2.05) is 48.1 Å². The van der Waals surface area contributed by atoms with Crippen LogP contribution < -0.4 is 5.32 Å². The third-order valence-corrected chi connectivity index (χ3v) is 3.25. The van der Waals surface area contributed by atoms with Gasteiger partial charge >= 0.3 is 0 Å². The van der Waals surface area contributed by atoms with Crippen LogP contribution in [-0.4, -0.2) is 23.7 Å². The maximum Gasteiger partial charge on any atom is 0.224 e. The maximum absolute atomic E-state index is 12.0. The lowest BCUT2D eigenvalue weighted by Crippen LogP contribution is -2.14. The Morgan fingerprint density at radius 2 is 2.10 bits per heavy atom. The largest absolute Gasteiger partial charge is 0.382 e. The molecule has 21 heavy (non-hydrogen) atoms. The molecule has 1 amide bonds. The summed E-state index contributed by atoms with van der Waals surface area (Å²) in [5.41, 5.74) is 1.60. The Morgan fingerprint density at radius 3 is 2.81 bits per heavy atom. The van der Waals surface area contributed by atoms with Gasteiger partial charge in [-0.15, -0.1) is 0 Å². The van der Waals surface area contributed by atoms with Crippen molar-refractivity contribution in [3.05, 3.63) is 47.7 Å². The normalized spacial score (nSPS) is 10.6. The number of halogens is 1. The van der Waals surface area contributed by atoms with E-state index in [1.165, 1.54) is 0 Å². The minimum atomic E-state index is -0.0227. The number of carbonyl (C=O) groups excluding carboxylic acids is 1. The van der Waals surface area contributed by atoms with Crippen LogP contribution in [0.2, 0.25) is 5.02 Å². The Balaban J connectivity index is 2.04. The molecule has 0 unspecified atom stereocenters. The summed E-state index contributed by atoms with van der Waals surface area (Å²) in [5.74, 6) is -0.0227. The van der Waals surface area contributed by atoms with Gasteiger partial charge in [0.1, 0.15) is 0 Å². The summed E-state index contributed by atoms with van der Waals surface area (Å²) in [4.78, 5) is 12.0. The zero-order chi connectivity index (χ0) is 15.1. The summed E-state index contributed by atoms with van der Waals surface area (Å²) in [6.07, 6.45) is 4.98. The molecule has 0 aliphatic rings. The molecule has 0 aliphatic heterocycles. The van der Waals surface area contributed by atoms with Crippen LogP contribution in [-0.2, 0) is 9.53 Å². The van der Waals surface area contributed by atoms with Gasteiger partial charge in [-0.25, -0.2) is 0 Å². The molecule has 1 aromatic carbocycles. The van der Waals surface area contributed by atoms with E-state index in [9.17, 15) is 4.79 Å². The number of benzene rings is 1. The Labute approximate surface area is 129 Å². The van der Waals surface area contributed by atoms with Crippen molar-refractivity contribution in [1.29, 1.82) is 0 Å². The second kappa shape index (κ2) is 7.86. The number of carbonyl (C=O) groups is 1. The van der Waals surface area contributed by atoms with Crippen LogP contribution in [0.25, 0.3) is 5.69 Å². The number of nitrogens with zero attached hydrogens (tertiary/aromatic N) is 1. The Hall–Kier alpha value is -1.78. The molecule has 1 heterocycles. The lowest BCUT2D eigenvalue weighted by molar-refractivity contribution is -0.116. The summed E-state index contributed by atoms with van der Waals surface area (Å²) in [7, 11) is 0. The van der Waals surface area contributed by atoms with Crippen LogP contribution in [0.5, 0.6) is 0 Å². The second-order valence-corrected chi connectivity index (χ2v) is 5.04. The highest BCUT2D eigenvalue weighted by Gasteiger charge is 2.08. The van der Waals surface area contributed by atoms with Gasteiger partial charge in [0.25, 0.3) is 0 Å². The third-order valence-electron chi connectivity index (χ3n) is 3.01. The molecule has 0 aliphatic carbocycles. The number of aromatic nitrogens is 1. The maximum atomic E-state index is 12.0. The molecular weight excluding hydrogens is 288 g/mol. The third kappa shape index (κ3) is 4.62.